The molecule has 0 fully saturated rings. The predicted octanol–water partition coefficient (Wildman–Crippen LogP) is 1.11. The molecule has 0 saturated heterocycles. The molecule has 1 aromatic rings. The Labute approximate surface area is 101 Å². The van der Waals surface area contributed by atoms with Gasteiger partial charge in [0.05, 0.1) is 30.6 Å². The summed E-state index contributed by atoms with van der Waals surface area (Å²) in [5.74, 6) is -2.17. The molecule has 0 amide bonds. The summed E-state index contributed by atoms with van der Waals surface area (Å²) in [5.41, 5.74) is 0.867. The third kappa shape index (κ3) is 2.02. The SMILES string of the molecule is COC(=O)[C@@H]1Cc2c(cnn2C)N[C@H]1C(F)(F)F. The zero-order valence-electron chi connectivity index (χ0n) is 9.78. The minimum atomic E-state index is -4.52. The van der Waals surface area contributed by atoms with Gasteiger partial charge in [-0.05, 0) is 0 Å². The van der Waals surface area contributed by atoms with E-state index in [1.165, 1.54) is 10.9 Å². The second kappa shape index (κ2) is 4.18. The average Bonchev–Trinajstić information content (AvgIpc) is 2.67. The third-order valence-electron chi connectivity index (χ3n) is 3.04. The van der Waals surface area contributed by atoms with Crippen LogP contribution in [0.2, 0.25) is 0 Å². The Morgan fingerprint density at radius 1 is 1.61 bits per heavy atom. The van der Waals surface area contributed by atoms with E-state index < -0.39 is 24.1 Å². The number of aryl methyl sites for hydroxylation is 1. The fourth-order valence-corrected chi connectivity index (χ4v) is 2.10. The zero-order chi connectivity index (χ0) is 13.5. The number of nitrogens with one attached hydrogen (secondary N) is 1. The number of methoxy groups -OCH3 is 1. The van der Waals surface area contributed by atoms with Crippen LogP contribution in [0.3, 0.4) is 0 Å². The number of halogens is 3. The molecule has 2 heterocycles. The van der Waals surface area contributed by atoms with Crippen LogP contribution in [0.4, 0.5) is 18.9 Å². The van der Waals surface area contributed by atoms with Crippen molar-refractivity contribution in [1.29, 1.82) is 0 Å². The first-order chi connectivity index (χ1) is 8.34. The second-order valence-corrected chi connectivity index (χ2v) is 4.13. The van der Waals surface area contributed by atoms with Gasteiger partial charge < -0.3 is 10.1 Å². The number of carbonyl (C=O) groups excluding carboxylic acids is 1. The van der Waals surface area contributed by atoms with Crippen LogP contribution in [0.1, 0.15) is 5.69 Å². The number of hydrogen-bond donors (Lipinski definition) is 1. The molecule has 5 nitrogen and oxygen atoms in total. The molecule has 0 bridgehead atoms. The van der Waals surface area contributed by atoms with E-state index in [9.17, 15) is 18.0 Å². The predicted molar refractivity (Wildman–Crippen MR) is 55.9 cm³/mol. The Morgan fingerprint density at radius 2 is 2.28 bits per heavy atom. The van der Waals surface area contributed by atoms with Crippen molar-refractivity contribution in [2.24, 2.45) is 13.0 Å². The lowest BCUT2D eigenvalue weighted by molar-refractivity contribution is -0.171. The maximum atomic E-state index is 12.9. The lowest BCUT2D eigenvalue weighted by Crippen LogP contribution is -2.49. The summed E-state index contributed by atoms with van der Waals surface area (Å²) < 4.78 is 44.6. The molecule has 8 heteroatoms. The van der Waals surface area contributed by atoms with Gasteiger partial charge in [0.25, 0.3) is 0 Å². The number of rotatable bonds is 1. The highest BCUT2D eigenvalue weighted by Gasteiger charge is 2.50. The van der Waals surface area contributed by atoms with Crippen LogP contribution < -0.4 is 5.32 Å². The minimum Gasteiger partial charge on any atom is -0.469 e. The Kier molecular flexibility index (Phi) is 2.95. The van der Waals surface area contributed by atoms with Crippen molar-refractivity contribution < 1.29 is 22.7 Å². The smallest absolute Gasteiger partial charge is 0.409 e. The summed E-state index contributed by atoms with van der Waals surface area (Å²) >= 11 is 0. The topological polar surface area (TPSA) is 56.1 Å². The van der Waals surface area contributed by atoms with E-state index >= 15 is 0 Å². The van der Waals surface area contributed by atoms with Crippen molar-refractivity contribution in [3.05, 3.63) is 11.9 Å². The molecule has 100 valence electrons. The van der Waals surface area contributed by atoms with Crippen molar-refractivity contribution in [2.75, 3.05) is 12.4 Å². The molecular weight excluding hydrogens is 251 g/mol. The average molecular weight is 263 g/mol. The Hall–Kier alpha value is -1.73. The van der Waals surface area contributed by atoms with Crippen LogP contribution >= 0.6 is 0 Å². The van der Waals surface area contributed by atoms with Crippen LogP contribution in [0.15, 0.2) is 6.20 Å². The van der Waals surface area contributed by atoms with E-state index in [-0.39, 0.29) is 6.42 Å². The molecular formula is C10H12F3N3O2. The molecule has 0 saturated carbocycles. The number of fused-ring (bicyclic) bond motifs is 1. The van der Waals surface area contributed by atoms with E-state index in [1.54, 1.807) is 7.05 Å². The molecule has 0 aliphatic carbocycles. The van der Waals surface area contributed by atoms with E-state index in [4.69, 9.17) is 0 Å². The van der Waals surface area contributed by atoms with Crippen molar-refractivity contribution in [1.82, 2.24) is 9.78 Å². The first-order valence-electron chi connectivity index (χ1n) is 5.26. The van der Waals surface area contributed by atoms with Gasteiger partial charge in [0.15, 0.2) is 0 Å². The lowest BCUT2D eigenvalue weighted by Gasteiger charge is -2.32. The van der Waals surface area contributed by atoms with Gasteiger partial charge in [0, 0.05) is 13.5 Å². The highest BCUT2D eigenvalue weighted by Crippen LogP contribution is 2.36. The Balaban J connectivity index is 2.38. The van der Waals surface area contributed by atoms with E-state index in [2.05, 4.69) is 15.2 Å². The second-order valence-electron chi connectivity index (χ2n) is 4.13. The van der Waals surface area contributed by atoms with Crippen LogP contribution in [-0.4, -0.2) is 35.1 Å². The normalized spacial score (nSPS) is 23.2. The fraction of sp³-hybridized carbons (Fsp3) is 0.600. The summed E-state index contributed by atoms with van der Waals surface area (Å²) in [6.07, 6.45) is -3.25. The number of aromatic nitrogens is 2. The minimum absolute atomic E-state index is 0.0459. The molecule has 1 aliphatic heterocycles. The van der Waals surface area contributed by atoms with Gasteiger partial charge in [0.2, 0.25) is 0 Å². The summed E-state index contributed by atoms with van der Waals surface area (Å²) in [4.78, 5) is 11.5. The van der Waals surface area contributed by atoms with Crippen molar-refractivity contribution >= 4 is 11.7 Å². The van der Waals surface area contributed by atoms with E-state index in [0.717, 1.165) is 7.11 Å². The molecule has 18 heavy (non-hydrogen) atoms. The van der Waals surface area contributed by atoms with Gasteiger partial charge >= 0.3 is 12.1 Å². The zero-order valence-corrected chi connectivity index (χ0v) is 9.78. The quantitative estimate of drug-likeness (QED) is 0.771. The Morgan fingerprint density at radius 3 is 2.83 bits per heavy atom. The van der Waals surface area contributed by atoms with Crippen LogP contribution in [0.25, 0.3) is 0 Å². The molecule has 2 atom stereocenters. The fourth-order valence-electron chi connectivity index (χ4n) is 2.10. The van der Waals surface area contributed by atoms with Crippen molar-refractivity contribution in [3.63, 3.8) is 0 Å². The molecule has 0 unspecified atom stereocenters. The monoisotopic (exact) mass is 263 g/mol. The first kappa shape index (κ1) is 12.7. The van der Waals surface area contributed by atoms with E-state index in [0.29, 0.717) is 11.4 Å². The third-order valence-corrected chi connectivity index (χ3v) is 3.04. The summed E-state index contributed by atoms with van der Waals surface area (Å²) in [7, 11) is 2.69. The van der Waals surface area contributed by atoms with Crippen LogP contribution in [0.5, 0.6) is 0 Å². The molecule has 1 aliphatic rings. The number of alkyl halides is 3. The summed E-state index contributed by atoms with van der Waals surface area (Å²) in [6, 6.07) is -1.94. The first-order valence-corrected chi connectivity index (χ1v) is 5.26. The highest BCUT2D eigenvalue weighted by molar-refractivity contribution is 5.76. The number of hydrogen-bond acceptors (Lipinski definition) is 4. The Bertz CT molecular complexity index is 469. The van der Waals surface area contributed by atoms with Gasteiger partial charge in [-0.25, -0.2) is 0 Å². The molecule has 0 spiro atoms. The summed E-state index contributed by atoms with van der Waals surface area (Å²) in [5, 5.41) is 6.18. The standard InChI is InChI=1S/C10H12F3N3O2/c1-16-7-3-5(9(17)18-2)8(10(11,12)13)15-6(7)4-14-16/h4-5,8,15H,3H2,1-2H3/t5-,8-/m1/s1. The van der Waals surface area contributed by atoms with Gasteiger partial charge in [-0.15, -0.1) is 0 Å². The summed E-state index contributed by atoms with van der Waals surface area (Å²) in [6.45, 7) is 0. The van der Waals surface area contributed by atoms with Crippen molar-refractivity contribution in [2.45, 2.75) is 18.6 Å². The van der Waals surface area contributed by atoms with Gasteiger partial charge in [-0.3, -0.25) is 9.48 Å². The van der Waals surface area contributed by atoms with Crippen LogP contribution in [0, 0.1) is 5.92 Å². The highest BCUT2D eigenvalue weighted by atomic mass is 19.4. The molecule has 0 radical (unpaired) electrons. The largest absolute Gasteiger partial charge is 0.469 e. The number of anilines is 1. The maximum absolute atomic E-state index is 12.9. The number of carbonyl (C=O) groups is 1. The molecule has 1 aromatic heterocycles. The maximum Gasteiger partial charge on any atom is 0.409 e. The van der Waals surface area contributed by atoms with E-state index in [1.807, 2.05) is 0 Å². The van der Waals surface area contributed by atoms with Crippen molar-refractivity contribution in [3.8, 4) is 0 Å². The number of nitrogens with zero attached hydrogens (tertiary/aromatic N) is 2. The van der Waals surface area contributed by atoms with Gasteiger partial charge in [-0.2, -0.15) is 18.3 Å². The lowest BCUT2D eigenvalue weighted by atomic mass is 9.90. The number of ether oxygens (including phenoxy) is 1. The van der Waals surface area contributed by atoms with Gasteiger partial charge in [0.1, 0.15) is 6.04 Å². The molecule has 0 aromatic carbocycles. The molecule has 1 N–H and O–H groups in total. The molecule has 2 rings (SSSR count). The number of esters is 1. The van der Waals surface area contributed by atoms with Gasteiger partial charge in [-0.1, -0.05) is 0 Å². The van der Waals surface area contributed by atoms with Crippen LogP contribution in [-0.2, 0) is 23.0 Å².